The molecule has 0 atom stereocenters. The molecule has 0 unspecified atom stereocenters. The lowest BCUT2D eigenvalue weighted by molar-refractivity contribution is -0.862. The Hall–Kier alpha value is -0.860. The Morgan fingerprint density at radius 2 is 0.962 bits per heavy atom. The lowest BCUT2D eigenvalue weighted by Gasteiger charge is -2.21. The van der Waals surface area contributed by atoms with Crippen LogP contribution in [-0.2, 0) is 9.59 Å². The summed E-state index contributed by atoms with van der Waals surface area (Å²) in [5, 5.41) is 0. The molecule has 0 saturated heterocycles. The van der Waals surface area contributed by atoms with Crippen LogP contribution in [0.4, 0.5) is 0 Å². The zero-order chi connectivity index (χ0) is 19.9. The minimum Gasteiger partial charge on any atom is -0.351 e. The Morgan fingerprint density at radius 3 is 0.962 bits per heavy atom. The SMILES string of the molecule is C.C.C.CC(=O)C[N+](C)(C)C.CC(=O)C[NH3+].CN(C)C[NH3+].C[N+](C)(C)C. The van der Waals surface area contributed by atoms with Crippen molar-refractivity contribution in [3.05, 3.63) is 0 Å². The molecule has 0 aromatic carbocycles. The number of nitrogens with zero attached hydrogens (tertiary/aromatic N) is 3. The molecule has 0 spiro atoms. The van der Waals surface area contributed by atoms with Crippen molar-refractivity contribution in [2.45, 2.75) is 36.1 Å². The summed E-state index contributed by atoms with van der Waals surface area (Å²) in [5.41, 5.74) is 6.95. The number of likely N-dealkylation sites (N-methyl/N-ethyl adjacent to an activating group) is 1. The summed E-state index contributed by atoms with van der Waals surface area (Å²) in [6, 6.07) is 0. The highest BCUT2D eigenvalue weighted by Gasteiger charge is 2.08. The van der Waals surface area contributed by atoms with Crippen molar-refractivity contribution in [2.24, 2.45) is 0 Å². The van der Waals surface area contributed by atoms with Gasteiger partial charge in [-0.25, -0.2) is 0 Å². The predicted octanol–water partition coefficient (Wildman–Crippen LogP) is 0.0770. The van der Waals surface area contributed by atoms with E-state index in [1.54, 1.807) is 6.92 Å². The molecule has 0 aliphatic rings. The van der Waals surface area contributed by atoms with E-state index in [-0.39, 0.29) is 33.8 Å². The molecule has 26 heavy (non-hydrogen) atoms. The van der Waals surface area contributed by atoms with Gasteiger partial charge in [0.1, 0.15) is 19.8 Å². The van der Waals surface area contributed by atoms with Crippen molar-refractivity contribution in [2.75, 3.05) is 83.2 Å². The van der Waals surface area contributed by atoms with Gasteiger partial charge in [0.2, 0.25) is 0 Å². The fraction of sp³-hybridized carbons (Fsp3) is 0.895. The average Bonchev–Trinajstić information content (AvgIpc) is 2.24. The maximum Gasteiger partial charge on any atom is 0.183 e. The Kier molecular flexibility index (Phi) is 41.3. The highest BCUT2D eigenvalue weighted by molar-refractivity contribution is 5.76. The van der Waals surface area contributed by atoms with E-state index in [4.69, 9.17) is 0 Å². The maximum absolute atomic E-state index is 10.4. The second kappa shape index (κ2) is 24.1. The van der Waals surface area contributed by atoms with E-state index in [0.29, 0.717) is 13.1 Å². The van der Waals surface area contributed by atoms with Crippen LogP contribution in [0.3, 0.4) is 0 Å². The molecule has 166 valence electrons. The van der Waals surface area contributed by atoms with E-state index in [9.17, 15) is 9.59 Å². The molecule has 0 amide bonds. The van der Waals surface area contributed by atoms with Crippen molar-refractivity contribution >= 4 is 11.6 Å². The second-order valence-electron chi connectivity index (χ2n) is 8.09. The van der Waals surface area contributed by atoms with Crippen LogP contribution in [0, 0.1) is 0 Å². The first kappa shape index (κ1) is 44.5. The number of hydrogen-bond donors (Lipinski definition) is 2. The van der Waals surface area contributed by atoms with Crippen molar-refractivity contribution < 1.29 is 30.0 Å². The molecule has 0 bridgehead atoms. The van der Waals surface area contributed by atoms with Crippen LogP contribution >= 0.6 is 0 Å². The van der Waals surface area contributed by atoms with Crippen molar-refractivity contribution in [1.29, 1.82) is 0 Å². The molecule has 0 aliphatic heterocycles. The van der Waals surface area contributed by atoms with Gasteiger partial charge in [0.25, 0.3) is 0 Å². The molecule has 0 fully saturated rings. The van der Waals surface area contributed by atoms with Crippen molar-refractivity contribution in [3.8, 4) is 0 Å². The molecule has 0 saturated carbocycles. The van der Waals surface area contributed by atoms with Gasteiger partial charge in [0, 0.05) is 13.8 Å². The largest absolute Gasteiger partial charge is 0.351 e. The van der Waals surface area contributed by atoms with Crippen LogP contribution in [0.25, 0.3) is 0 Å². The number of rotatable bonds is 4. The van der Waals surface area contributed by atoms with Gasteiger partial charge in [0.15, 0.2) is 11.6 Å². The first-order valence-electron chi connectivity index (χ1n) is 7.77. The van der Waals surface area contributed by atoms with Crippen LogP contribution in [0.2, 0.25) is 0 Å². The van der Waals surface area contributed by atoms with Gasteiger partial charge in [-0.2, -0.15) is 0 Å². The molecular formula is C19H57N5O2+4. The maximum atomic E-state index is 10.4. The molecule has 6 N–H and O–H groups in total. The molecule has 7 nitrogen and oxygen atoms in total. The molecule has 0 rings (SSSR count). The van der Waals surface area contributed by atoms with Crippen LogP contribution in [0.15, 0.2) is 0 Å². The smallest absolute Gasteiger partial charge is 0.183 e. The summed E-state index contributed by atoms with van der Waals surface area (Å²) in [7, 11) is 18.5. The summed E-state index contributed by atoms with van der Waals surface area (Å²) >= 11 is 0. The van der Waals surface area contributed by atoms with E-state index >= 15 is 0 Å². The van der Waals surface area contributed by atoms with Gasteiger partial charge >= 0.3 is 0 Å². The van der Waals surface area contributed by atoms with Crippen LogP contribution in [0.5, 0.6) is 0 Å². The fourth-order valence-electron chi connectivity index (χ4n) is 0.668. The van der Waals surface area contributed by atoms with Crippen LogP contribution < -0.4 is 11.5 Å². The van der Waals surface area contributed by atoms with E-state index in [2.05, 4.69) is 39.7 Å². The standard InChI is InChI=1S/C6H14NO.C4H12N.C3H10N2.C3H7NO.3CH4/c1-6(8)5-7(2,3)4;1-5(2,3)4;1-5(2)3-4;1-3(5)2-4;;;/h5H2,1-4H3;1-4H3;3-4H2,1-2H3;2,4H2,1H3;3*1H4/q2*+1;;;;;/p+2. The van der Waals surface area contributed by atoms with Crippen LogP contribution in [0.1, 0.15) is 36.1 Å². The molecule has 0 heterocycles. The van der Waals surface area contributed by atoms with E-state index in [1.807, 2.05) is 40.1 Å². The Balaban J connectivity index is -0.0000000365. The third-order valence-corrected chi connectivity index (χ3v) is 1.50. The third kappa shape index (κ3) is 171. The molecule has 0 aliphatic carbocycles. The molecule has 7 heteroatoms. The minimum atomic E-state index is 0. The quantitative estimate of drug-likeness (QED) is 0.528. The number of ketones is 2. The van der Waals surface area contributed by atoms with Crippen LogP contribution in [-0.4, -0.2) is 109 Å². The van der Waals surface area contributed by atoms with Crippen molar-refractivity contribution in [3.63, 3.8) is 0 Å². The molecule has 0 radical (unpaired) electrons. The van der Waals surface area contributed by atoms with Gasteiger partial charge in [-0.15, -0.1) is 0 Å². The zero-order valence-corrected chi connectivity index (χ0v) is 17.7. The number of carbonyl (C=O) groups is 2. The predicted molar refractivity (Wildman–Crippen MR) is 118 cm³/mol. The summed E-state index contributed by atoms with van der Waals surface area (Å²) in [6.07, 6.45) is 0. The Bertz CT molecular complexity index is 287. The molecular weight excluding hydrogens is 330 g/mol. The number of Topliss-reactive ketones (excluding diaryl/α,β-unsaturated/α-hetero) is 2. The minimum absolute atomic E-state index is 0. The molecule has 0 aromatic rings. The van der Waals surface area contributed by atoms with E-state index in [1.165, 1.54) is 6.92 Å². The van der Waals surface area contributed by atoms with Gasteiger partial charge in [-0.05, 0) is 14.1 Å². The average molecular weight is 388 g/mol. The lowest BCUT2D eigenvalue weighted by atomic mass is 10.4. The summed E-state index contributed by atoms with van der Waals surface area (Å²) in [4.78, 5) is 22.2. The highest BCUT2D eigenvalue weighted by atomic mass is 16.1. The van der Waals surface area contributed by atoms with Gasteiger partial charge in [0.05, 0.1) is 49.3 Å². The first-order chi connectivity index (χ1) is 9.96. The monoisotopic (exact) mass is 387 g/mol. The first-order valence-corrected chi connectivity index (χ1v) is 7.77. The Morgan fingerprint density at radius 1 is 0.769 bits per heavy atom. The normalized spacial score (nSPS) is 9.15. The van der Waals surface area contributed by atoms with E-state index < -0.39 is 0 Å². The fourth-order valence-corrected chi connectivity index (χ4v) is 0.668. The van der Waals surface area contributed by atoms with Gasteiger partial charge in [-0.3, -0.25) is 14.5 Å². The molecule has 0 aromatic heterocycles. The lowest BCUT2D eigenvalue weighted by Crippen LogP contribution is -2.56. The highest BCUT2D eigenvalue weighted by Crippen LogP contribution is 1.87. The number of hydrogen-bond acceptors (Lipinski definition) is 3. The summed E-state index contributed by atoms with van der Waals surface area (Å²) in [6.45, 7) is 5.07. The third-order valence-electron chi connectivity index (χ3n) is 1.50. The number of carbonyl (C=O) groups excluding carboxylic acids is 2. The van der Waals surface area contributed by atoms with Gasteiger partial charge < -0.3 is 20.4 Å². The Labute approximate surface area is 166 Å². The summed E-state index contributed by atoms with van der Waals surface area (Å²) in [5.74, 6) is 0.391. The topological polar surface area (TPSA) is 92.7 Å². The zero-order valence-electron chi connectivity index (χ0n) is 17.7. The summed E-state index contributed by atoms with van der Waals surface area (Å²) < 4.78 is 1.73. The second-order valence-corrected chi connectivity index (χ2v) is 8.09. The van der Waals surface area contributed by atoms with E-state index in [0.717, 1.165) is 15.6 Å². The van der Waals surface area contributed by atoms with Gasteiger partial charge in [-0.1, -0.05) is 22.3 Å². The van der Waals surface area contributed by atoms with Crippen molar-refractivity contribution in [1.82, 2.24) is 4.90 Å². The number of quaternary nitrogens is 4.